The van der Waals surface area contributed by atoms with E-state index < -0.39 is 0 Å². The van der Waals surface area contributed by atoms with E-state index in [2.05, 4.69) is 15.3 Å². The summed E-state index contributed by atoms with van der Waals surface area (Å²) < 4.78 is 10.9. The van der Waals surface area contributed by atoms with Gasteiger partial charge in [0.25, 0.3) is 0 Å². The van der Waals surface area contributed by atoms with E-state index in [4.69, 9.17) is 9.47 Å². The number of aromatic nitrogens is 2. The van der Waals surface area contributed by atoms with Crippen molar-refractivity contribution < 1.29 is 9.47 Å². The molecular weight excluding hydrogens is 242 g/mol. The van der Waals surface area contributed by atoms with Gasteiger partial charge in [-0.1, -0.05) is 0 Å². The first-order chi connectivity index (χ1) is 9.19. The summed E-state index contributed by atoms with van der Waals surface area (Å²) in [6, 6.07) is 1.13. The van der Waals surface area contributed by atoms with Crippen LogP contribution in [0.3, 0.4) is 0 Å². The first-order valence-electron chi connectivity index (χ1n) is 6.99. The Labute approximate surface area is 114 Å². The highest BCUT2D eigenvalue weighted by atomic mass is 16.5. The summed E-state index contributed by atoms with van der Waals surface area (Å²) in [7, 11) is 0. The van der Waals surface area contributed by atoms with Gasteiger partial charge in [-0.05, 0) is 33.6 Å². The number of aryl methyl sites for hydroxylation is 1. The largest absolute Gasteiger partial charge is 0.458 e. The van der Waals surface area contributed by atoms with E-state index in [0.29, 0.717) is 25.3 Å². The van der Waals surface area contributed by atoms with Gasteiger partial charge in [-0.2, -0.15) is 0 Å². The third kappa shape index (κ3) is 4.76. The van der Waals surface area contributed by atoms with Crippen molar-refractivity contribution in [3.05, 3.63) is 17.5 Å². The van der Waals surface area contributed by atoms with Crippen LogP contribution < -0.4 is 10.1 Å². The van der Waals surface area contributed by atoms with Crippen molar-refractivity contribution in [1.82, 2.24) is 15.3 Å². The smallest absolute Gasteiger partial charge is 0.316 e. The minimum Gasteiger partial charge on any atom is -0.458 e. The van der Waals surface area contributed by atoms with Gasteiger partial charge in [0.15, 0.2) is 0 Å². The number of ether oxygens (including phenoxy) is 2. The van der Waals surface area contributed by atoms with E-state index in [-0.39, 0.29) is 6.10 Å². The summed E-state index contributed by atoms with van der Waals surface area (Å²) in [6.45, 7) is 8.01. The van der Waals surface area contributed by atoms with E-state index in [1.54, 1.807) is 0 Å². The molecule has 0 aliphatic heterocycles. The molecule has 0 spiro atoms. The zero-order chi connectivity index (χ0) is 13.7. The molecule has 1 aromatic heterocycles. The van der Waals surface area contributed by atoms with Gasteiger partial charge in [0.2, 0.25) is 0 Å². The summed E-state index contributed by atoms with van der Waals surface area (Å²) in [4.78, 5) is 8.65. The lowest BCUT2D eigenvalue weighted by Crippen LogP contribution is -2.21. The van der Waals surface area contributed by atoms with Gasteiger partial charge in [0.1, 0.15) is 6.10 Å². The molecule has 0 amide bonds. The highest BCUT2D eigenvalue weighted by molar-refractivity contribution is 5.18. The van der Waals surface area contributed by atoms with Crippen LogP contribution in [0.1, 0.15) is 37.9 Å². The van der Waals surface area contributed by atoms with Crippen molar-refractivity contribution in [2.45, 2.75) is 52.3 Å². The lowest BCUT2D eigenvalue weighted by molar-refractivity contribution is 0.0606. The van der Waals surface area contributed by atoms with Crippen LogP contribution in [0.15, 0.2) is 6.20 Å². The number of rotatable bonds is 8. The van der Waals surface area contributed by atoms with Gasteiger partial charge >= 0.3 is 6.01 Å². The number of nitrogens with one attached hydrogen (secondary N) is 1. The average Bonchev–Trinajstić information content (AvgIpc) is 3.19. The molecule has 1 aromatic rings. The molecule has 0 saturated heterocycles. The third-order valence-corrected chi connectivity index (χ3v) is 3.08. The maximum Gasteiger partial charge on any atom is 0.316 e. The summed E-state index contributed by atoms with van der Waals surface area (Å²) in [5.41, 5.74) is 2.11. The highest BCUT2D eigenvalue weighted by Gasteiger charge is 2.20. The molecule has 1 N–H and O–H groups in total. The van der Waals surface area contributed by atoms with Crippen LogP contribution >= 0.6 is 0 Å². The van der Waals surface area contributed by atoms with Crippen LogP contribution in [0.25, 0.3) is 0 Å². The predicted molar refractivity (Wildman–Crippen MR) is 73.2 cm³/mol. The van der Waals surface area contributed by atoms with E-state index >= 15 is 0 Å². The second kappa shape index (κ2) is 6.82. The Hall–Kier alpha value is -1.20. The monoisotopic (exact) mass is 265 g/mol. The van der Waals surface area contributed by atoms with Crippen molar-refractivity contribution in [3.63, 3.8) is 0 Å². The van der Waals surface area contributed by atoms with E-state index in [9.17, 15) is 0 Å². The Kier molecular flexibility index (Phi) is 5.10. The lowest BCUT2D eigenvalue weighted by atomic mass is 10.2. The molecule has 5 nitrogen and oxygen atoms in total. The van der Waals surface area contributed by atoms with Crippen LogP contribution in [0.2, 0.25) is 0 Å². The fourth-order valence-electron chi connectivity index (χ4n) is 1.74. The second-order valence-electron chi connectivity index (χ2n) is 5.01. The van der Waals surface area contributed by atoms with Gasteiger partial charge in [-0.3, -0.25) is 0 Å². The normalized spacial score (nSPS) is 16.4. The molecule has 1 aliphatic carbocycles. The first kappa shape index (κ1) is 14.2. The molecule has 1 atom stereocenters. The summed E-state index contributed by atoms with van der Waals surface area (Å²) in [5.74, 6) is 0. The van der Waals surface area contributed by atoms with Crippen molar-refractivity contribution in [2.24, 2.45) is 0 Å². The highest BCUT2D eigenvalue weighted by Crippen LogP contribution is 2.19. The van der Waals surface area contributed by atoms with Crippen LogP contribution in [-0.2, 0) is 11.3 Å². The average molecular weight is 265 g/mol. The molecule has 1 unspecified atom stereocenters. The minimum atomic E-state index is -0.0326. The summed E-state index contributed by atoms with van der Waals surface area (Å²) >= 11 is 0. The van der Waals surface area contributed by atoms with Gasteiger partial charge in [-0.25, -0.2) is 9.97 Å². The maximum absolute atomic E-state index is 5.62. The Morgan fingerprint density at radius 3 is 2.89 bits per heavy atom. The van der Waals surface area contributed by atoms with Gasteiger partial charge < -0.3 is 14.8 Å². The number of hydrogen-bond acceptors (Lipinski definition) is 5. The predicted octanol–water partition coefficient (Wildman–Crippen LogP) is 1.84. The van der Waals surface area contributed by atoms with E-state index in [0.717, 1.165) is 17.8 Å². The molecule has 0 radical (unpaired) electrons. The van der Waals surface area contributed by atoms with Gasteiger partial charge in [0, 0.05) is 36.6 Å². The fraction of sp³-hybridized carbons (Fsp3) is 0.714. The second-order valence-corrected chi connectivity index (χ2v) is 5.01. The topological polar surface area (TPSA) is 56.3 Å². The van der Waals surface area contributed by atoms with E-state index in [1.807, 2.05) is 27.0 Å². The van der Waals surface area contributed by atoms with Gasteiger partial charge in [0.05, 0.1) is 6.61 Å². The Balaban J connectivity index is 1.85. The van der Waals surface area contributed by atoms with Crippen LogP contribution in [-0.4, -0.2) is 35.3 Å². The molecular formula is C14H23N3O2. The molecule has 1 aliphatic rings. The molecule has 2 rings (SSSR count). The number of nitrogens with zero attached hydrogens (tertiary/aromatic N) is 2. The summed E-state index contributed by atoms with van der Waals surface area (Å²) in [6.07, 6.45) is 4.39. The maximum atomic E-state index is 5.62. The molecule has 0 aromatic carbocycles. The molecule has 1 saturated carbocycles. The molecule has 1 fully saturated rings. The molecule has 5 heteroatoms. The molecule has 0 bridgehead atoms. The molecule has 106 valence electrons. The third-order valence-electron chi connectivity index (χ3n) is 3.08. The summed E-state index contributed by atoms with van der Waals surface area (Å²) in [5, 5.41) is 3.46. The zero-order valence-corrected chi connectivity index (χ0v) is 12.0. The Morgan fingerprint density at radius 2 is 2.26 bits per heavy atom. The standard InChI is InChI=1S/C14H23N3O2/c1-4-18-9-10(2)19-14-16-8-12(11(3)17-14)7-15-13-5-6-13/h8,10,13,15H,4-7,9H2,1-3H3. The van der Waals surface area contributed by atoms with Crippen LogP contribution in [0, 0.1) is 6.92 Å². The first-order valence-corrected chi connectivity index (χ1v) is 6.99. The van der Waals surface area contributed by atoms with Crippen molar-refractivity contribution in [3.8, 4) is 6.01 Å². The van der Waals surface area contributed by atoms with Gasteiger partial charge in [-0.15, -0.1) is 0 Å². The SMILES string of the molecule is CCOCC(C)Oc1ncc(CNC2CC2)c(C)n1. The van der Waals surface area contributed by atoms with Crippen molar-refractivity contribution in [1.29, 1.82) is 0 Å². The quantitative estimate of drug-likeness (QED) is 0.777. The minimum absolute atomic E-state index is 0.0326. The molecule has 1 heterocycles. The zero-order valence-electron chi connectivity index (χ0n) is 12.0. The fourth-order valence-corrected chi connectivity index (χ4v) is 1.74. The Morgan fingerprint density at radius 1 is 1.47 bits per heavy atom. The van der Waals surface area contributed by atoms with Crippen molar-refractivity contribution >= 4 is 0 Å². The number of hydrogen-bond donors (Lipinski definition) is 1. The van der Waals surface area contributed by atoms with Crippen LogP contribution in [0.5, 0.6) is 6.01 Å². The van der Waals surface area contributed by atoms with Crippen molar-refractivity contribution in [2.75, 3.05) is 13.2 Å². The van der Waals surface area contributed by atoms with E-state index in [1.165, 1.54) is 12.8 Å². The Bertz CT molecular complexity index is 408. The lowest BCUT2D eigenvalue weighted by Gasteiger charge is -2.14. The molecule has 19 heavy (non-hydrogen) atoms. The van der Waals surface area contributed by atoms with Crippen LogP contribution in [0.4, 0.5) is 0 Å².